The average molecular weight is 390 g/mol. The van der Waals surface area contributed by atoms with Gasteiger partial charge in [-0.3, -0.25) is 9.59 Å². The second-order valence-corrected chi connectivity index (χ2v) is 7.32. The summed E-state index contributed by atoms with van der Waals surface area (Å²) in [4.78, 5) is 26.3. The minimum Gasteiger partial charge on any atom is -0.370 e. The lowest BCUT2D eigenvalue weighted by Crippen LogP contribution is -2.40. The molecule has 29 heavy (non-hydrogen) atoms. The number of hydrogen-bond acceptors (Lipinski definition) is 4. The minimum atomic E-state index is -0.542. The van der Waals surface area contributed by atoms with Crippen molar-refractivity contribution >= 4 is 17.5 Å². The average Bonchev–Trinajstić information content (AvgIpc) is 2.75. The Morgan fingerprint density at radius 2 is 1.90 bits per heavy atom. The molecule has 150 valence electrons. The summed E-state index contributed by atoms with van der Waals surface area (Å²) in [5.74, 6) is -0.415. The highest BCUT2D eigenvalue weighted by Gasteiger charge is 2.33. The summed E-state index contributed by atoms with van der Waals surface area (Å²) in [6.07, 6.45) is 1.69. The molecule has 1 atom stereocenters. The Balaban J connectivity index is 1.77. The van der Waals surface area contributed by atoms with Crippen molar-refractivity contribution in [2.24, 2.45) is 11.7 Å². The van der Waals surface area contributed by atoms with Gasteiger partial charge in [0.2, 0.25) is 11.8 Å². The standard InChI is InChI=1S/C23H26N4O2/c1-2-26-23(29)21(16-6-4-3-5-7-16)17-10-12-27(13-11-17)20-9-8-18(22(25)28)14-19(20)15-24/h3-9,14,17,21H,2,10-13H2,1H3,(H2,25,28)(H,26,29). The van der Waals surface area contributed by atoms with Crippen molar-refractivity contribution in [3.8, 4) is 6.07 Å². The number of benzene rings is 2. The zero-order valence-corrected chi connectivity index (χ0v) is 16.6. The highest BCUT2D eigenvalue weighted by molar-refractivity contribution is 5.93. The number of nitrogens with two attached hydrogens (primary N) is 1. The second-order valence-electron chi connectivity index (χ2n) is 7.32. The van der Waals surface area contributed by atoms with E-state index in [4.69, 9.17) is 5.73 Å². The number of piperidine rings is 1. The Kier molecular flexibility index (Phi) is 6.50. The molecule has 3 rings (SSSR count). The molecule has 0 aliphatic carbocycles. The number of nitriles is 1. The smallest absolute Gasteiger partial charge is 0.248 e. The number of carbonyl (C=O) groups is 2. The van der Waals surface area contributed by atoms with Gasteiger partial charge in [0, 0.05) is 25.2 Å². The molecule has 6 heteroatoms. The van der Waals surface area contributed by atoms with Crippen LogP contribution in [-0.4, -0.2) is 31.4 Å². The lowest BCUT2D eigenvalue weighted by atomic mass is 9.79. The fraction of sp³-hybridized carbons (Fsp3) is 0.348. The van der Waals surface area contributed by atoms with Crippen LogP contribution in [0.4, 0.5) is 5.69 Å². The lowest BCUT2D eigenvalue weighted by molar-refractivity contribution is -0.123. The molecule has 2 amide bonds. The zero-order chi connectivity index (χ0) is 20.8. The van der Waals surface area contributed by atoms with Crippen LogP contribution in [0.3, 0.4) is 0 Å². The lowest BCUT2D eigenvalue weighted by Gasteiger charge is -2.37. The van der Waals surface area contributed by atoms with Crippen LogP contribution in [0.2, 0.25) is 0 Å². The van der Waals surface area contributed by atoms with Gasteiger partial charge in [0.1, 0.15) is 6.07 Å². The molecule has 1 aliphatic rings. The summed E-state index contributed by atoms with van der Waals surface area (Å²) >= 11 is 0. The number of nitrogens with one attached hydrogen (secondary N) is 1. The number of hydrogen-bond donors (Lipinski definition) is 2. The predicted molar refractivity (Wildman–Crippen MR) is 112 cm³/mol. The molecule has 6 nitrogen and oxygen atoms in total. The highest BCUT2D eigenvalue weighted by atomic mass is 16.2. The minimum absolute atomic E-state index is 0.0701. The number of anilines is 1. The molecule has 3 N–H and O–H groups in total. The summed E-state index contributed by atoms with van der Waals surface area (Å²) in [5.41, 5.74) is 7.96. The molecular formula is C23H26N4O2. The van der Waals surface area contributed by atoms with Gasteiger partial charge in [0.15, 0.2) is 0 Å². The van der Waals surface area contributed by atoms with Crippen molar-refractivity contribution in [3.05, 3.63) is 65.2 Å². The second kappa shape index (κ2) is 9.24. The van der Waals surface area contributed by atoms with Gasteiger partial charge < -0.3 is 16.0 Å². The maximum atomic E-state index is 12.8. The first kappa shape index (κ1) is 20.4. The Morgan fingerprint density at radius 1 is 1.21 bits per heavy atom. The number of likely N-dealkylation sites (N-methyl/N-ethyl adjacent to an activating group) is 1. The number of amides is 2. The number of rotatable bonds is 6. The highest BCUT2D eigenvalue weighted by Crippen LogP contribution is 2.35. The molecule has 0 saturated carbocycles. The van der Waals surface area contributed by atoms with Crippen LogP contribution in [0.1, 0.15) is 47.2 Å². The third-order valence-electron chi connectivity index (χ3n) is 5.55. The quantitative estimate of drug-likeness (QED) is 0.792. The topological polar surface area (TPSA) is 99.2 Å². The third-order valence-corrected chi connectivity index (χ3v) is 5.55. The Hall–Kier alpha value is -3.33. The van der Waals surface area contributed by atoms with E-state index in [1.807, 2.05) is 37.3 Å². The molecule has 0 bridgehead atoms. The van der Waals surface area contributed by atoms with E-state index in [2.05, 4.69) is 16.3 Å². The molecule has 2 aromatic carbocycles. The van der Waals surface area contributed by atoms with Gasteiger partial charge in [-0.2, -0.15) is 5.26 Å². The van der Waals surface area contributed by atoms with Crippen molar-refractivity contribution in [1.82, 2.24) is 5.32 Å². The van der Waals surface area contributed by atoms with Crippen molar-refractivity contribution in [2.75, 3.05) is 24.5 Å². The van der Waals surface area contributed by atoms with E-state index in [9.17, 15) is 14.9 Å². The van der Waals surface area contributed by atoms with Crippen molar-refractivity contribution in [2.45, 2.75) is 25.7 Å². The van der Waals surface area contributed by atoms with E-state index in [0.29, 0.717) is 17.7 Å². The summed E-state index contributed by atoms with van der Waals surface area (Å²) in [6, 6.07) is 17.1. The summed E-state index contributed by atoms with van der Waals surface area (Å²) in [6.45, 7) is 4.04. The number of primary amides is 1. The van der Waals surface area contributed by atoms with Gasteiger partial charge in [0.25, 0.3) is 0 Å². The molecule has 1 unspecified atom stereocenters. The SMILES string of the molecule is CCNC(=O)C(c1ccccc1)C1CCN(c2ccc(C(N)=O)cc2C#N)CC1. The van der Waals surface area contributed by atoms with E-state index in [-0.39, 0.29) is 17.7 Å². The van der Waals surface area contributed by atoms with Crippen molar-refractivity contribution in [1.29, 1.82) is 5.26 Å². The van der Waals surface area contributed by atoms with Crippen LogP contribution < -0.4 is 16.0 Å². The van der Waals surface area contributed by atoms with Crippen LogP contribution in [-0.2, 0) is 4.79 Å². The van der Waals surface area contributed by atoms with E-state index >= 15 is 0 Å². The van der Waals surface area contributed by atoms with E-state index in [0.717, 1.165) is 37.2 Å². The van der Waals surface area contributed by atoms with Crippen molar-refractivity contribution in [3.63, 3.8) is 0 Å². The summed E-state index contributed by atoms with van der Waals surface area (Å²) in [5, 5.41) is 12.5. The van der Waals surface area contributed by atoms with E-state index < -0.39 is 5.91 Å². The predicted octanol–water partition coefficient (Wildman–Crippen LogP) is 2.79. The fourth-order valence-corrected chi connectivity index (χ4v) is 4.11. The Morgan fingerprint density at radius 3 is 2.48 bits per heavy atom. The number of nitrogens with zero attached hydrogens (tertiary/aromatic N) is 2. The van der Waals surface area contributed by atoms with Crippen LogP contribution in [0.5, 0.6) is 0 Å². The van der Waals surface area contributed by atoms with E-state index in [1.54, 1.807) is 18.2 Å². The first-order chi connectivity index (χ1) is 14.0. The first-order valence-electron chi connectivity index (χ1n) is 9.96. The molecular weight excluding hydrogens is 364 g/mol. The number of carbonyl (C=O) groups excluding carboxylic acids is 2. The largest absolute Gasteiger partial charge is 0.370 e. The molecule has 0 radical (unpaired) electrons. The maximum absolute atomic E-state index is 12.8. The Bertz CT molecular complexity index is 912. The van der Waals surface area contributed by atoms with Gasteiger partial charge in [-0.25, -0.2) is 0 Å². The van der Waals surface area contributed by atoms with Gasteiger partial charge in [-0.05, 0) is 49.4 Å². The van der Waals surface area contributed by atoms with Crippen molar-refractivity contribution < 1.29 is 9.59 Å². The van der Waals surface area contributed by atoms with Crippen LogP contribution in [0.25, 0.3) is 0 Å². The molecule has 1 heterocycles. The molecule has 1 aliphatic heterocycles. The van der Waals surface area contributed by atoms with E-state index in [1.165, 1.54) is 0 Å². The zero-order valence-electron chi connectivity index (χ0n) is 16.6. The maximum Gasteiger partial charge on any atom is 0.248 e. The summed E-state index contributed by atoms with van der Waals surface area (Å²) < 4.78 is 0. The normalized spacial score (nSPS) is 15.4. The monoisotopic (exact) mass is 390 g/mol. The summed E-state index contributed by atoms with van der Waals surface area (Å²) in [7, 11) is 0. The molecule has 0 aromatic heterocycles. The molecule has 1 fully saturated rings. The van der Waals surface area contributed by atoms with Crippen LogP contribution in [0, 0.1) is 17.2 Å². The van der Waals surface area contributed by atoms with Crippen LogP contribution in [0.15, 0.2) is 48.5 Å². The van der Waals surface area contributed by atoms with Gasteiger partial charge >= 0.3 is 0 Å². The molecule has 1 saturated heterocycles. The first-order valence-corrected chi connectivity index (χ1v) is 9.96. The fourth-order valence-electron chi connectivity index (χ4n) is 4.11. The van der Waals surface area contributed by atoms with Gasteiger partial charge in [0.05, 0.1) is 17.2 Å². The third kappa shape index (κ3) is 4.57. The van der Waals surface area contributed by atoms with Crippen LogP contribution >= 0.6 is 0 Å². The Labute approximate surface area is 171 Å². The van der Waals surface area contributed by atoms with Gasteiger partial charge in [-0.15, -0.1) is 0 Å². The molecule has 0 spiro atoms. The molecule has 2 aromatic rings. The van der Waals surface area contributed by atoms with Gasteiger partial charge in [-0.1, -0.05) is 30.3 Å².